The van der Waals surface area contributed by atoms with E-state index < -0.39 is 11.7 Å². The van der Waals surface area contributed by atoms with Crippen LogP contribution in [0.25, 0.3) is 0 Å². The molecular formula is C12H15BrF3N3. The van der Waals surface area contributed by atoms with E-state index in [1.165, 1.54) is 6.20 Å². The Morgan fingerprint density at radius 2 is 2.26 bits per heavy atom. The summed E-state index contributed by atoms with van der Waals surface area (Å²) in [6, 6.07) is 1.14. The average molecular weight is 338 g/mol. The standard InChI is InChI=1S/C12H15BrF3N3/c1-2-9-7-17-3-4-19(9)11-10(12(14,15)16)5-8(13)6-18-11/h5-6,9,17H,2-4,7H2,1H3. The molecule has 0 aromatic carbocycles. The topological polar surface area (TPSA) is 28.2 Å². The molecule has 1 atom stereocenters. The molecule has 3 nitrogen and oxygen atoms in total. The van der Waals surface area contributed by atoms with Gasteiger partial charge in [-0.15, -0.1) is 0 Å². The van der Waals surface area contributed by atoms with Gasteiger partial charge in [0.2, 0.25) is 0 Å². The smallest absolute Gasteiger partial charge is 0.351 e. The summed E-state index contributed by atoms with van der Waals surface area (Å²) >= 11 is 3.05. The van der Waals surface area contributed by atoms with Crippen LogP contribution >= 0.6 is 15.9 Å². The molecule has 0 spiro atoms. The molecule has 0 radical (unpaired) electrons. The molecule has 2 rings (SSSR count). The predicted molar refractivity (Wildman–Crippen MR) is 71.2 cm³/mol. The quantitative estimate of drug-likeness (QED) is 0.898. The second-order valence-corrected chi connectivity index (χ2v) is 5.40. The van der Waals surface area contributed by atoms with E-state index in [-0.39, 0.29) is 11.9 Å². The number of alkyl halides is 3. The van der Waals surface area contributed by atoms with Gasteiger partial charge < -0.3 is 10.2 Å². The van der Waals surface area contributed by atoms with Crippen molar-refractivity contribution in [2.45, 2.75) is 25.6 Å². The van der Waals surface area contributed by atoms with Crippen molar-refractivity contribution >= 4 is 21.7 Å². The minimum atomic E-state index is -4.39. The second kappa shape index (κ2) is 5.66. The van der Waals surface area contributed by atoms with E-state index in [9.17, 15) is 13.2 Å². The lowest BCUT2D eigenvalue weighted by Gasteiger charge is -2.37. The van der Waals surface area contributed by atoms with Crippen molar-refractivity contribution in [2.75, 3.05) is 24.5 Å². The van der Waals surface area contributed by atoms with Crippen LogP contribution in [0.3, 0.4) is 0 Å². The van der Waals surface area contributed by atoms with Crippen molar-refractivity contribution in [2.24, 2.45) is 0 Å². The van der Waals surface area contributed by atoms with Gasteiger partial charge in [-0.1, -0.05) is 6.92 Å². The number of nitrogens with one attached hydrogen (secondary N) is 1. The van der Waals surface area contributed by atoms with Gasteiger partial charge in [0.05, 0.1) is 5.56 Å². The normalized spacial score (nSPS) is 20.7. The van der Waals surface area contributed by atoms with E-state index in [2.05, 4.69) is 26.2 Å². The molecule has 1 N–H and O–H groups in total. The summed E-state index contributed by atoms with van der Waals surface area (Å²) in [5.41, 5.74) is -0.678. The van der Waals surface area contributed by atoms with Crippen molar-refractivity contribution in [3.05, 3.63) is 22.3 Å². The first-order chi connectivity index (χ1) is 8.93. The molecule has 1 saturated heterocycles. The van der Waals surface area contributed by atoms with Crippen LogP contribution in [0.4, 0.5) is 19.0 Å². The van der Waals surface area contributed by atoms with Crippen LogP contribution in [0.15, 0.2) is 16.7 Å². The Kier molecular flexibility index (Phi) is 4.35. The molecule has 0 bridgehead atoms. The maximum Gasteiger partial charge on any atom is 0.419 e. The van der Waals surface area contributed by atoms with Gasteiger partial charge in [-0.25, -0.2) is 4.98 Å². The highest BCUT2D eigenvalue weighted by Crippen LogP contribution is 2.37. The average Bonchev–Trinajstić information content (AvgIpc) is 2.37. The fourth-order valence-corrected chi connectivity index (χ4v) is 2.61. The molecule has 1 aliphatic rings. The lowest BCUT2D eigenvalue weighted by molar-refractivity contribution is -0.137. The van der Waals surface area contributed by atoms with Gasteiger partial charge in [-0.3, -0.25) is 0 Å². The summed E-state index contributed by atoms with van der Waals surface area (Å²) in [5.74, 6) is 0.0315. The van der Waals surface area contributed by atoms with E-state index in [0.717, 1.165) is 12.5 Å². The van der Waals surface area contributed by atoms with Gasteiger partial charge in [-0.05, 0) is 28.4 Å². The van der Waals surface area contributed by atoms with Crippen LogP contribution in [-0.4, -0.2) is 30.7 Å². The second-order valence-electron chi connectivity index (χ2n) is 4.48. The molecule has 0 saturated carbocycles. The number of pyridine rings is 1. The number of hydrogen-bond donors (Lipinski definition) is 1. The molecular weight excluding hydrogens is 323 g/mol. The third-order valence-corrected chi connectivity index (χ3v) is 3.67. The van der Waals surface area contributed by atoms with Gasteiger partial charge in [0, 0.05) is 36.3 Å². The van der Waals surface area contributed by atoms with Crippen molar-refractivity contribution in [1.29, 1.82) is 0 Å². The first-order valence-corrected chi connectivity index (χ1v) is 6.93. The summed E-state index contributed by atoms with van der Waals surface area (Å²) in [7, 11) is 0. The van der Waals surface area contributed by atoms with Crippen LogP contribution in [0.2, 0.25) is 0 Å². The van der Waals surface area contributed by atoms with Gasteiger partial charge >= 0.3 is 6.18 Å². The summed E-state index contributed by atoms with van der Waals surface area (Å²) in [6.45, 7) is 3.87. The maximum atomic E-state index is 13.1. The lowest BCUT2D eigenvalue weighted by Crippen LogP contribution is -2.52. The zero-order valence-corrected chi connectivity index (χ0v) is 12.1. The fraction of sp³-hybridized carbons (Fsp3) is 0.583. The highest BCUT2D eigenvalue weighted by atomic mass is 79.9. The largest absolute Gasteiger partial charge is 0.419 e. The number of nitrogens with zero attached hydrogens (tertiary/aromatic N) is 2. The molecule has 1 aliphatic heterocycles. The van der Waals surface area contributed by atoms with Gasteiger partial charge in [-0.2, -0.15) is 13.2 Å². The number of halogens is 4. The van der Waals surface area contributed by atoms with E-state index >= 15 is 0 Å². The minimum Gasteiger partial charge on any atom is -0.351 e. The van der Waals surface area contributed by atoms with Crippen LogP contribution in [-0.2, 0) is 6.18 Å². The zero-order valence-electron chi connectivity index (χ0n) is 10.5. The van der Waals surface area contributed by atoms with Crippen LogP contribution in [0.1, 0.15) is 18.9 Å². The Labute approximate surface area is 118 Å². The number of rotatable bonds is 2. The van der Waals surface area contributed by atoms with Gasteiger partial charge in [0.1, 0.15) is 5.82 Å². The molecule has 106 valence electrons. The van der Waals surface area contributed by atoms with Crippen LogP contribution in [0.5, 0.6) is 0 Å². The first-order valence-electron chi connectivity index (χ1n) is 6.13. The van der Waals surface area contributed by atoms with E-state index in [4.69, 9.17) is 0 Å². The van der Waals surface area contributed by atoms with Crippen molar-refractivity contribution in [3.63, 3.8) is 0 Å². The highest BCUT2D eigenvalue weighted by Gasteiger charge is 2.37. The summed E-state index contributed by atoms with van der Waals surface area (Å²) < 4.78 is 39.7. The predicted octanol–water partition coefficient (Wildman–Crippen LogP) is 3.05. The van der Waals surface area contributed by atoms with Crippen LogP contribution in [0, 0.1) is 0 Å². The first kappa shape index (κ1) is 14.6. The third-order valence-electron chi connectivity index (χ3n) is 3.23. The van der Waals surface area contributed by atoms with E-state index in [0.29, 0.717) is 24.1 Å². The minimum absolute atomic E-state index is 0.0315. The molecule has 19 heavy (non-hydrogen) atoms. The van der Waals surface area contributed by atoms with Crippen molar-refractivity contribution in [1.82, 2.24) is 10.3 Å². The molecule has 7 heteroatoms. The van der Waals surface area contributed by atoms with Gasteiger partial charge in [0.25, 0.3) is 0 Å². The molecule has 1 aromatic heterocycles. The summed E-state index contributed by atoms with van der Waals surface area (Å²) in [6.07, 6.45) is -2.20. The number of hydrogen-bond acceptors (Lipinski definition) is 3. The molecule has 1 aromatic rings. The Hall–Kier alpha value is -0.820. The Morgan fingerprint density at radius 1 is 1.53 bits per heavy atom. The zero-order chi connectivity index (χ0) is 14.0. The molecule has 2 heterocycles. The van der Waals surface area contributed by atoms with Crippen LogP contribution < -0.4 is 10.2 Å². The molecule has 1 unspecified atom stereocenters. The third kappa shape index (κ3) is 3.20. The van der Waals surface area contributed by atoms with Crippen molar-refractivity contribution in [3.8, 4) is 0 Å². The number of anilines is 1. The highest BCUT2D eigenvalue weighted by molar-refractivity contribution is 9.10. The lowest BCUT2D eigenvalue weighted by atomic mass is 10.1. The molecule has 0 aliphatic carbocycles. The Morgan fingerprint density at radius 3 is 2.89 bits per heavy atom. The molecule has 1 fully saturated rings. The number of aromatic nitrogens is 1. The summed E-state index contributed by atoms with van der Waals surface area (Å²) in [4.78, 5) is 5.75. The van der Waals surface area contributed by atoms with Crippen molar-refractivity contribution < 1.29 is 13.2 Å². The van der Waals surface area contributed by atoms with Gasteiger partial charge in [0.15, 0.2) is 0 Å². The summed E-state index contributed by atoms with van der Waals surface area (Å²) in [5, 5.41) is 3.20. The number of piperazine rings is 1. The molecule has 0 amide bonds. The monoisotopic (exact) mass is 337 g/mol. The van der Waals surface area contributed by atoms with E-state index in [1.54, 1.807) is 4.90 Å². The van der Waals surface area contributed by atoms with E-state index in [1.807, 2.05) is 6.92 Å². The Balaban J connectivity index is 2.43. The SMILES string of the molecule is CCC1CNCCN1c1ncc(Br)cc1C(F)(F)F. The maximum absolute atomic E-state index is 13.1. The Bertz CT molecular complexity index is 450. The fourth-order valence-electron chi connectivity index (χ4n) is 2.27.